The van der Waals surface area contributed by atoms with E-state index in [2.05, 4.69) is 20.5 Å². The summed E-state index contributed by atoms with van der Waals surface area (Å²) in [6.07, 6.45) is 5.50. The second-order valence-electron chi connectivity index (χ2n) is 6.95. The Morgan fingerprint density at radius 3 is 2.52 bits per heavy atom. The molecular formula is C18H22FN5O. The number of hydrogen-bond donors (Lipinski definition) is 2. The first kappa shape index (κ1) is 16.1. The van der Waals surface area contributed by atoms with E-state index in [4.69, 9.17) is 0 Å². The van der Waals surface area contributed by atoms with Gasteiger partial charge in [-0.1, -0.05) is 12.1 Å². The van der Waals surface area contributed by atoms with Gasteiger partial charge in [0.1, 0.15) is 18.0 Å². The molecule has 7 heteroatoms. The van der Waals surface area contributed by atoms with Gasteiger partial charge in [-0.05, 0) is 49.3 Å². The normalized spacial score (nSPS) is 19.6. The van der Waals surface area contributed by atoms with Crippen molar-refractivity contribution >= 4 is 6.03 Å². The quantitative estimate of drug-likeness (QED) is 0.896. The topological polar surface area (TPSA) is 73.9 Å². The number of likely N-dealkylation sites (tertiary alicyclic amines) is 1. The van der Waals surface area contributed by atoms with Crippen LogP contribution in [0, 0.1) is 11.7 Å². The third kappa shape index (κ3) is 3.65. The van der Waals surface area contributed by atoms with E-state index in [-0.39, 0.29) is 17.9 Å². The van der Waals surface area contributed by atoms with Crippen LogP contribution in [0.3, 0.4) is 0 Å². The van der Waals surface area contributed by atoms with Crippen molar-refractivity contribution in [2.45, 2.75) is 37.6 Å². The number of nitrogens with zero attached hydrogens (tertiary/aromatic N) is 3. The third-order valence-corrected chi connectivity index (χ3v) is 5.20. The molecule has 2 amide bonds. The zero-order valence-electron chi connectivity index (χ0n) is 14.0. The number of halogens is 1. The van der Waals surface area contributed by atoms with Crippen molar-refractivity contribution in [3.05, 3.63) is 47.8 Å². The van der Waals surface area contributed by atoms with Gasteiger partial charge in [0.15, 0.2) is 0 Å². The number of hydrogen-bond acceptors (Lipinski definition) is 3. The zero-order chi connectivity index (χ0) is 17.2. The summed E-state index contributed by atoms with van der Waals surface area (Å²) >= 11 is 0. The van der Waals surface area contributed by atoms with Crippen molar-refractivity contribution in [2.75, 3.05) is 13.1 Å². The van der Waals surface area contributed by atoms with Gasteiger partial charge in [0.25, 0.3) is 0 Å². The monoisotopic (exact) mass is 343 g/mol. The van der Waals surface area contributed by atoms with E-state index in [0.29, 0.717) is 24.9 Å². The highest BCUT2D eigenvalue weighted by molar-refractivity contribution is 5.75. The number of rotatable bonds is 4. The molecule has 2 aromatic rings. The number of piperidine rings is 1. The van der Waals surface area contributed by atoms with Crippen LogP contribution in [-0.2, 0) is 0 Å². The lowest BCUT2D eigenvalue weighted by molar-refractivity contribution is 0.175. The van der Waals surface area contributed by atoms with Crippen molar-refractivity contribution < 1.29 is 9.18 Å². The van der Waals surface area contributed by atoms with Gasteiger partial charge >= 0.3 is 6.03 Å². The standard InChI is InChI=1S/C18H22FN5O/c19-15-5-3-13(4-6-15)16(12-1-2-12)22-18(25)24-9-7-14(8-10-24)17-20-11-21-23-17/h3-6,11-12,14,16H,1-2,7-10H2,(H,22,25)(H,20,21,23). The van der Waals surface area contributed by atoms with Crippen LogP contribution in [0.25, 0.3) is 0 Å². The number of carbonyl (C=O) groups excluding carboxylic acids is 1. The summed E-state index contributed by atoms with van der Waals surface area (Å²) in [6, 6.07) is 6.40. The van der Waals surface area contributed by atoms with Gasteiger partial charge in [-0.15, -0.1) is 0 Å². The molecule has 1 aliphatic heterocycles. The predicted octanol–water partition coefficient (Wildman–Crippen LogP) is 2.98. The van der Waals surface area contributed by atoms with Crippen molar-refractivity contribution in [2.24, 2.45) is 5.92 Å². The van der Waals surface area contributed by atoms with Gasteiger partial charge in [0, 0.05) is 19.0 Å². The fraction of sp³-hybridized carbons (Fsp3) is 0.500. The summed E-state index contributed by atoms with van der Waals surface area (Å²) in [6.45, 7) is 1.41. The number of amides is 2. The number of benzene rings is 1. The SMILES string of the molecule is O=C(NC(c1ccc(F)cc1)C1CC1)N1CCC(c2ncn[nH]2)CC1. The van der Waals surface area contributed by atoms with Crippen LogP contribution in [0.15, 0.2) is 30.6 Å². The second-order valence-corrected chi connectivity index (χ2v) is 6.95. The molecule has 0 radical (unpaired) electrons. The number of carbonyl (C=O) groups is 1. The summed E-state index contributed by atoms with van der Waals surface area (Å²) in [5, 5.41) is 9.99. The van der Waals surface area contributed by atoms with Crippen molar-refractivity contribution in [3.63, 3.8) is 0 Å². The molecule has 0 bridgehead atoms. The average Bonchev–Trinajstić information content (AvgIpc) is 3.33. The van der Waals surface area contributed by atoms with E-state index in [1.165, 1.54) is 18.5 Å². The molecule has 2 heterocycles. The van der Waals surface area contributed by atoms with Crippen molar-refractivity contribution in [3.8, 4) is 0 Å². The molecule has 6 nitrogen and oxygen atoms in total. The maximum absolute atomic E-state index is 13.2. The number of aromatic nitrogens is 3. The van der Waals surface area contributed by atoms with E-state index in [1.807, 2.05) is 4.90 Å². The van der Waals surface area contributed by atoms with Gasteiger partial charge in [-0.3, -0.25) is 5.10 Å². The largest absolute Gasteiger partial charge is 0.331 e. The average molecular weight is 343 g/mol. The summed E-state index contributed by atoms with van der Waals surface area (Å²) in [4.78, 5) is 18.8. The Morgan fingerprint density at radius 1 is 1.20 bits per heavy atom. The van der Waals surface area contributed by atoms with Crippen LogP contribution in [-0.4, -0.2) is 39.2 Å². The summed E-state index contributed by atoms with van der Waals surface area (Å²) in [5.74, 6) is 1.45. The lowest BCUT2D eigenvalue weighted by Gasteiger charge is -2.32. The number of nitrogens with one attached hydrogen (secondary N) is 2. The maximum atomic E-state index is 13.2. The number of urea groups is 1. The highest BCUT2D eigenvalue weighted by atomic mass is 19.1. The highest BCUT2D eigenvalue weighted by Crippen LogP contribution is 2.41. The van der Waals surface area contributed by atoms with Gasteiger partial charge in [-0.25, -0.2) is 14.2 Å². The molecule has 0 spiro atoms. The molecule has 2 N–H and O–H groups in total. The minimum absolute atomic E-state index is 0.0277. The Balaban J connectivity index is 1.37. The van der Waals surface area contributed by atoms with Gasteiger partial charge in [0.2, 0.25) is 0 Å². The molecule has 1 atom stereocenters. The van der Waals surface area contributed by atoms with E-state index < -0.39 is 0 Å². The van der Waals surface area contributed by atoms with Gasteiger partial charge in [0.05, 0.1) is 6.04 Å². The molecule has 4 rings (SSSR count). The van der Waals surface area contributed by atoms with E-state index in [9.17, 15) is 9.18 Å². The lowest BCUT2D eigenvalue weighted by Crippen LogP contribution is -2.45. The maximum Gasteiger partial charge on any atom is 0.317 e. The summed E-state index contributed by atoms with van der Waals surface area (Å²) in [5.41, 5.74) is 0.980. The highest BCUT2D eigenvalue weighted by Gasteiger charge is 2.35. The van der Waals surface area contributed by atoms with Crippen LogP contribution in [0.4, 0.5) is 9.18 Å². The number of aromatic amines is 1. The Kier molecular flexibility index (Phi) is 4.38. The Morgan fingerprint density at radius 2 is 1.92 bits per heavy atom. The van der Waals surface area contributed by atoms with Gasteiger partial charge < -0.3 is 10.2 Å². The first-order chi connectivity index (χ1) is 12.2. The first-order valence-electron chi connectivity index (χ1n) is 8.87. The molecule has 1 unspecified atom stereocenters. The molecule has 2 fully saturated rings. The summed E-state index contributed by atoms with van der Waals surface area (Å²) < 4.78 is 13.2. The smallest absolute Gasteiger partial charge is 0.317 e. The third-order valence-electron chi connectivity index (χ3n) is 5.20. The van der Waals surface area contributed by atoms with Crippen molar-refractivity contribution in [1.29, 1.82) is 0 Å². The van der Waals surface area contributed by atoms with Crippen LogP contribution in [0.5, 0.6) is 0 Å². The van der Waals surface area contributed by atoms with E-state index in [0.717, 1.165) is 37.1 Å². The fourth-order valence-electron chi connectivity index (χ4n) is 3.56. The molecule has 2 aliphatic rings. The fourth-order valence-corrected chi connectivity index (χ4v) is 3.56. The van der Waals surface area contributed by atoms with Gasteiger partial charge in [-0.2, -0.15) is 5.10 Å². The predicted molar refractivity (Wildman–Crippen MR) is 90.3 cm³/mol. The number of H-pyrrole nitrogens is 1. The zero-order valence-corrected chi connectivity index (χ0v) is 14.0. The Bertz CT molecular complexity index is 706. The second kappa shape index (κ2) is 6.82. The van der Waals surface area contributed by atoms with Crippen LogP contribution < -0.4 is 5.32 Å². The molecule has 132 valence electrons. The molecule has 1 saturated heterocycles. The van der Waals surface area contributed by atoms with Crippen molar-refractivity contribution in [1.82, 2.24) is 25.4 Å². The Hall–Kier alpha value is -2.44. The molecule has 1 aromatic carbocycles. The minimum Gasteiger partial charge on any atom is -0.331 e. The molecule has 1 aliphatic carbocycles. The van der Waals surface area contributed by atoms with E-state index >= 15 is 0 Å². The first-order valence-corrected chi connectivity index (χ1v) is 8.87. The van der Waals surface area contributed by atoms with Crippen LogP contribution in [0.2, 0.25) is 0 Å². The van der Waals surface area contributed by atoms with E-state index in [1.54, 1.807) is 12.1 Å². The molecular weight excluding hydrogens is 321 g/mol. The Labute approximate surface area is 145 Å². The summed E-state index contributed by atoms with van der Waals surface area (Å²) in [7, 11) is 0. The molecule has 25 heavy (non-hydrogen) atoms. The van der Waals surface area contributed by atoms with Crippen LogP contribution in [0.1, 0.15) is 49.0 Å². The molecule has 1 saturated carbocycles. The van der Waals surface area contributed by atoms with Crippen LogP contribution >= 0.6 is 0 Å². The minimum atomic E-state index is -0.251. The molecule has 1 aromatic heterocycles. The lowest BCUT2D eigenvalue weighted by atomic mass is 9.96.